The third-order valence-corrected chi connectivity index (χ3v) is 5.38. The Balaban J connectivity index is 2.23. The zero-order valence-electron chi connectivity index (χ0n) is 10.9. The van der Waals surface area contributed by atoms with E-state index < -0.39 is 0 Å². The topological polar surface area (TPSA) is 12.0 Å². The molecule has 0 aromatic heterocycles. The molecule has 0 spiro atoms. The van der Waals surface area contributed by atoms with Gasteiger partial charge in [-0.2, -0.15) is 11.8 Å². The van der Waals surface area contributed by atoms with Crippen LogP contribution in [0.5, 0.6) is 0 Å². The molecule has 94 valence electrons. The number of unbranched alkanes of at least 4 members (excludes halogenated alkanes) is 3. The summed E-state index contributed by atoms with van der Waals surface area (Å²) in [6, 6.07) is 0.698. The van der Waals surface area contributed by atoms with E-state index in [1.165, 1.54) is 50.7 Å². The first-order valence-electron chi connectivity index (χ1n) is 6.65. The second kappa shape index (κ2) is 7.39. The molecule has 1 aliphatic heterocycles. The van der Waals surface area contributed by atoms with Crippen LogP contribution >= 0.6 is 11.8 Å². The number of hydrogen-bond donors (Lipinski definition) is 1. The van der Waals surface area contributed by atoms with Crippen molar-refractivity contribution >= 4 is 11.8 Å². The summed E-state index contributed by atoms with van der Waals surface area (Å²) in [6.45, 7) is 6.21. The minimum atomic E-state index is 0.493. The lowest BCUT2D eigenvalue weighted by atomic mass is 9.92. The van der Waals surface area contributed by atoms with Crippen LogP contribution in [0.15, 0.2) is 12.7 Å². The highest BCUT2D eigenvalue weighted by atomic mass is 32.2. The summed E-state index contributed by atoms with van der Waals surface area (Å²) in [4.78, 5) is 0. The second-order valence-electron chi connectivity index (χ2n) is 5.03. The minimum Gasteiger partial charge on any atom is -0.316 e. The Morgan fingerprint density at radius 3 is 2.81 bits per heavy atom. The molecule has 0 amide bonds. The first-order valence-corrected chi connectivity index (χ1v) is 7.63. The van der Waals surface area contributed by atoms with Gasteiger partial charge in [0.1, 0.15) is 0 Å². The Morgan fingerprint density at radius 1 is 1.44 bits per heavy atom. The molecule has 1 rings (SSSR count). The molecule has 1 fully saturated rings. The minimum absolute atomic E-state index is 0.493. The predicted molar refractivity (Wildman–Crippen MR) is 76.2 cm³/mol. The molecule has 1 heterocycles. The van der Waals surface area contributed by atoms with Crippen LogP contribution in [-0.2, 0) is 0 Å². The molecule has 1 N–H and O–H groups in total. The largest absolute Gasteiger partial charge is 0.316 e. The van der Waals surface area contributed by atoms with E-state index in [2.05, 4.69) is 37.6 Å². The van der Waals surface area contributed by atoms with E-state index in [4.69, 9.17) is 0 Å². The molecular weight excluding hydrogens is 214 g/mol. The van der Waals surface area contributed by atoms with Gasteiger partial charge >= 0.3 is 0 Å². The Labute approximate surface area is 105 Å². The van der Waals surface area contributed by atoms with Gasteiger partial charge in [0.25, 0.3) is 0 Å². The first-order chi connectivity index (χ1) is 7.73. The van der Waals surface area contributed by atoms with Gasteiger partial charge in [0.05, 0.1) is 0 Å². The van der Waals surface area contributed by atoms with Crippen LogP contribution < -0.4 is 5.32 Å². The van der Waals surface area contributed by atoms with Crippen molar-refractivity contribution in [3.05, 3.63) is 12.7 Å². The van der Waals surface area contributed by atoms with Gasteiger partial charge in [-0.1, -0.05) is 18.9 Å². The number of nitrogens with one attached hydrogen (secondary N) is 1. The number of thioether (sulfide) groups is 1. The van der Waals surface area contributed by atoms with Crippen LogP contribution in [0, 0.1) is 0 Å². The monoisotopic (exact) mass is 241 g/mol. The highest BCUT2D eigenvalue weighted by Gasteiger charge is 2.36. The van der Waals surface area contributed by atoms with E-state index in [-0.39, 0.29) is 0 Å². The summed E-state index contributed by atoms with van der Waals surface area (Å²) in [5, 5.41) is 3.53. The standard InChI is InChI=1S/C14H27NS/c1-4-5-6-7-8-10-13(15-3)14(2)11-9-12-16-14/h4,13,15H,1,5-12H2,2-3H3. The molecule has 0 aliphatic carbocycles. The highest BCUT2D eigenvalue weighted by Crippen LogP contribution is 2.41. The summed E-state index contributed by atoms with van der Waals surface area (Å²) < 4.78 is 0.493. The molecule has 1 aliphatic rings. The van der Waals surface area contributed by atoms with Gasteiger partial charge in [0.2, 0.25) is 0 Å². The van der Waals surface area contributed by atoms with Crippen molar-refractivity contribution in [3.8, 4) is 0 Å². The van der Waals surface area contributed by atoms with Gasteiger partial charge in [-0.15, -0.1) is 6.58 Å². The third kappa shape index (κ3) is 4.14. The molecule has 0 bridgehead atoms. The van der Waals surface area contributed by atoms with E-state index in [0.717, 1.165) is 0 Å². The zero-order valence-corrected chi connectivity index (χ0v) is 11.7. The number of hydrogen-bond acceptors (Lipinski definition) is 2. The van der Waals surface area contributed by atoms with Crippen molar-refractivity contribution in [2.75, 3.05) is 12.8 Å². The summed E-state index contributed by atoms with van der Waals surface area (Å²) in [5.41, 5.74) is 0. The first kappa shape index (κ1) is 14.1. The van der Waals surface area contributed by atoms with Crippen LogP contribution in [0.4, 0.5) is 0 Å². The number of allylic oxidation sites excluding steroid dienone is 1. The van der Waals surface area contributed by atoms with Gasteiger partial charge in [-0.25, -0.2) is 0 Å². The van der Waals surface area contributed by atoms with Crippen LogP contribution in [0.2, 0.25) is 0 Å². The van der Waals surface area contributed by atoms with Gasteiger partial charge in [0, 0.05) is 10.8 Å². The van der Waals surface area contributed by atoms with E-state index >= 15 is 0 Å². The lowest BCUT2D eigenvalue weighted by Crippen LogP contribution is -2.43. The summed E-state index contributed by atoms with van der Waals surface area (Å²) in [6.07, 6.45) is 11.3. The average Bonchev–Trinajstić information content (AvgIpc) is 2.71. The van der Waals surface area contributed by atoms with Crippen molar-refractivity contribution in [3.63, 3.8) is 0 Å². The number of rotatable bonds is 8. The Morgan fingerprint density at radius 2 is 2.25 bits per heavy atom. The van der Waals surface area contributed by atoms with Gasteiger partial charge in [0.15, 0.2) is 0 Å². The molecule has 2 unspecified atom stereocenters. The van der Waals surface area contributed by atoms with Gasteiger partial charge in [-0.3, -0.25) is 0 Å². The highest BCUT2D eigenvalue weighted by molar-refractivity contribution is 8.00. The van der Waals surface area contributed by atoms with Crippen LogP contribution in [0.3, 0.4) is 0 Å². The maximum atomic E-state index is 3.77. The van der Waals surface area contributed by atoms with Crippen molar-refractivity contribution < 1.29 is 0 Å². The van der Waals surface area contributed by atoms with Crippen molar-refractivity contribution in [1.29, 1.82) is 0 Å². The normalized spacial score (nSPS) is 26.9. The quantitative estimate of drug-likeness (QED) is 0.509. The van der Waals surface area contributed by atoms with E-state index in [1.54, 1.807) is 0 Å². The molecular formula is C14H27NS. The van der Waals surface area contributed by atoms with E-state index in [1.807, 2.05) is 6.08 Å². The van der Waals surface area contributed by atoms with Crippen LogP contribution in [0.25, 0.3) is 0 Å². The van der Waals surface area contributed by atoms with Gasteiger partial charge in [-0.05, 0) is 51.8 Å². The molecule has 1 nitrogen and oxygen atoms in total. The SMILES string of the molecule is C=CCCCCCC(NC)C1(C)CCCS1. The third-order valence-electron chi connectivity index (χ3n) is 3.74. The fourth-order valence-electron chi connectivity index (χ4n) is 2.64. The van der Waals surface area contributed by atoms with Crippen molar-refractivity contribution in [2.45, 2.75) is 62.7 Å². The summed E-state index contributed by atoms with van der Waals surface area (Å²) >= 11 is 2.17. The molecule has 2 atom stereocenters. The molecule has 0 aromatic rings. The van der Waals surface area contributed by atoms with E-state index in [0.29, 0.717) is 10.8 Å². The van der Waals surface area contributed by atoms with Crippen LogP contribution in [0.1, 0.15) is 51.9 Å². The van der Waals surface area contributed by atoms with Crippen molar-refractivity contribution in [1.82, 2.24) is 5.32 Å². The molecule has 2 heteroatoms. The lowest BCUT2D eigenvalue weighted by Gasteiger charge is -2.33. The Kier molecular flexibility index (Phi) is 6.52. The average molecular weight is 241 g/mol. The van der Waals surface area contributed by atoms with E-state index in [9.17, 15) is 0 Å². The lowest BCUT2D eigenvalue weighted by molar-refractivity contribution is 0.390. The maximum Gasteiger partial charge on any atom is 0.0285 e. The fraction of sp³-hybridized carbons (Fsp3) is 0.857. The van der Waals surface area contributed by atoms with Gasteiger partial charge < -0.3 is 5.32 Å². The fourth-order valence-corrected chi connectivity index (χ4v) is 4.12. The predicted octanol–water partition coefficient (Wildman–Crippen LogP) is 4.00. The smallest absolute Gasteiger partial charge is 0.0285 e. The zero-order chi connectivity index (χ0) is 11.9. The second-order valence-corrected chi connectivity index (χ2v) is 6.66. The molecule has 0 radical (unpaired) electrons. The Hall–Kier alpha value is 0.0500. The molecule has 1 saturated heterocycles. The molecule has 16 heavy (non-hydrogen) atoms. The maximum absolute atomic E-state index is 3.77. The van der Waals surface area contributed by atoms with Crippen LogP contribution in [-0.4, -0.2) is 23.6 Å². The molecule has 0 aromatic carbocycles. The Bertz CT molecular complexity index is 197. The van der Waals surface area contributed by atoms with Crippen molar-refractivity contribution in [2.24, 2.45) is 0 Å². The summed E-state index contributed by atoms with van der Waals surface area (Å²) in [5.74, 6) is 1.35. The molecule has 0 saturated carbocycles. The summed E-state index contributed by atoms with van der Waals surface area (Å²) in [7, 11) is 2.12.